The summed E-state index contributed by atoms with van der Waals surface area (Å²) in [6.45, 7) is 2.00. The molecule has 0 unspecified atom stereocenters. The lowest BCUT2D eigenvalue weighted by Crippen LogP contribution is -2.32. The predicted octanol–water partition coefficient (Wildman–Crippen LogP) is 1.45. The maximum absolute atomic E-state index is 10.4. The first-order valence-corrected chi connectivity index (χ1v) is 8.37. The van der Waals surface area contributed by atoms with Gasteiger partial charge in [-0.05, 0) is 25.8 Å². The molecule has 0 spiro atoms. The average molecular weight is 301 g/mol. The van der Waals surface area contributed by atoms with E-state index < -0.39 is 14.6 Å². The standard InChI is InChI=1S/C13H22NO5P/c1-11-7-8-14(18-10-19-20(15,16)17)13(9-11)12-5-3-2-4-6-12/h7,9,12H,2-6,8,10H2,1H3,(H2,15,16,17)/p-2. The van der Waals surface area contributed by atoms with Gasteiger partial charge in [-0.1, -0.05) is 30.9 Å². The molecule has 1 saturated carbocycles. The van der Waals surface area contributed by atoms with Crippen molar-refractivity contribution in [1.29, 1.82) is 0 Å². The van der Waals surface area contributed by atoms with Crippen molar-refractivity contribution in [3.63, 3.8) is 0 Å². The Bertz CT molecular complexity index is 436. The van der Waals surface area contributed by atoms with Crippen LogP contribution < -0.4 is 9.79 Å². The van der Waals surface area contributed by atoms with Gasteiger partial charge < -0.3 is 18.9 Å². The smallest absolute Gasteiger partial charge is 0.178 e. The average Bonchev–Trinajstić information content (AvgIpc) is 2.40. The third-order valence-corrected chi connectivity index (χ3v) is 4.11. The largest absolute Gasteiger partial charge is 0.790 e. The maximum atomic E-state index is 10.4. The lowest BCUT2D eigenvalue weighted by molar-refractivity contribution is -0.351. The molecule has 0 aromatic heterocycles. The highest BCUT2D eigenvalue weighted by molar-refractivity contribution is 7.43. The Hall–Kier alpha value is -0.650. The Morgan fingerprint density at radius 3 is 2.70 bits per heavy atom. The number of allylic oxidation sites excluding steroid dienone is 3. The van der Waals surface area contributed by atoms with Crippen molar-refractivity contribution < 1.29 is 23.7 Å². The lowest BCUT2D eigenvalue weighted by Gasteiger charge is -2.36. The van der Waals surface area contributed by atoms with Crippen LogP contribution in [0.3, 0.4) is 0 Å². The highest BCUT2D eigenvalue weighted by atomic mass is 31.2. The monoisotopic (exact) mass is 301 g/mol. The van der Waals surface area contributed by atoms with Crippen molar-refractivity contribution in [1.82, 2.24) is 5.06 Å². The summed E-state index contributed by atoms with van der Waals surface area (Å²) in [5.74, 6) is 0.429. The molecule has 1 aliphatic carbocycles. The third-order valence-electron chi connectivity index (χ3n) is 3.69. The van der Waals surface area contributed by atoms with Crippen LogP contribution >= 0.6 is 7.82 Å². The highest BCUT2D eigenvalue weighted by Gasteiger charge is 2.24. The number of hydroxylamine groups is 2. The number of phosphoric ester groups is 1. The fourth-order valence-corrected chi connectivity index (χ4v) is 2.87. The van der Waals surface area contributed by atoms with Crippen LogP contribution in [0.2, 0.25) is 0 Å². The van der Waals surface area contributed by atoms with Gasteiger partial charge in [-0.25, -0.2) is 4.84 Å². The van der Waals surface area contributed by atoms with Gasteiger partial charge in [0.1, 0.15) is 0 Å². The minimum atomic E-state index is -4.98. The van der Waals surface area contributed by atoms with E-state index in [0.29, 0.717) is 12.5 Å². The SMILES string of the molecule is CC1=CCN(OCOP(=O)([O-])[O-])C(C2CCCCC2)=C1. The second-order valence-electron chi connectivity index (χ2n) is 5.24. The molecule has 0 saturated heterocycles. The maximum Gasteiger partial charge on any atom is 0.178 e. The summed E-state index contributed by atoms with van der Waals surface area (Å²) in [4.78, 5) is 26.2. The molecule has 6 nitrogen and oxygen atoms in total. The molecule has 0 aromatic rings. The van der Waals surface area contributed by atoms with E-state index in [9.17, 15) is 14.4 Å². The van der Waals surface area contributed by atoms with Crippen LogP contribution in [0, 0.1) is 5.92 Å². The molecule has 0 N–H and O–H groups in total. The van der Waals surface area contributed by atoms with Gasteiger partial charge in [0, 0.05) is 11.6 Å². The molecule has 2 rings (SSSR count). The van der Waals surface area contributed by atoms with Crippen molar-refractivity contribution >= 4 is 7.82 Å². The molecular weight excluding hydrogens is 281 g/mol. The van der Waals surface area contributed by atoms with Crippen LogP contribution in [0.5, 0.6) is 0 Å². The van der Waals surface area contributed by atoms with E-state index in [4.69, 9.17) is 4.84 Å². The molecule has 1 fully saturated rings. The number of phosphoric acid groups is 1. The lowest BCUT2D eigenvalue weighted by atomic mass is 9.85. The molecule has 0 atom stereocenters. The normalized spacial score (nSPS) is 21.6. The van der Waals surface area contributed by atoms with Gasteiger partial charge in [0.25, 0.3) is 0 Å². The Morgan fingerprint density at radius 1 is 1.35 bits per heavy atom. The number of nitrogens with zero attached hydrogens (tertiary/aromatic N) is 1. The molecule has 7 heteroatoms. The van der Waals surface area contributed by atoms with E-state index in [-0.39, 0.29) is 0 Å². The molecule has 0 bridgehead atoms. The van der Waals surface area contributed by atoms with Crippen molar-refractivity contribution in [2.24, 2.45) is 5.92 Å². The Kier molecular flexibility index (Phi) is 5.41. The van der Waals surface area contributed by atoms with E-state index in [1.54, 1.807) is 5.06 Å². The molecule has 1 aliphatic heterocycles. The van der Waals surface area contributed by atoms with Gasteiger partial charge in [-0.2, -0.15) is 0 Å². The first-order valence-electron chi connectivity index (χ1n) is 6.91. The molecule has 1 heterocycles. The fraction of sp³-hybridized carbons (Fsp3) is 0.692. The summed E-state index contributed by atoms with van der Waals surface area (Å²) >= 11 is 0. The summed E-state index contributed by atoms with van der Waals surface area (Å²) in [5.41, 5.74) is 2.23. The summed E-state index contributed by atoms with van der Waals surface area (Å²) < 4.78 is 14.6. The molecule has 0 aromatic carbocycles. The van der Waals surface area contributed by atoms with E-state index in [1.165, 1.54) is 24.8 Å². The number of hydrogen-bond donors (Lipinski definition) is 0. The second kappa shape index (κ2) is 6.87. The highest BCUT2D eigenvalue weighted by Crippen LogP contribution is 2.34. The zero-order valence-electron chi connectivity index (χ0n) is 11.6. The number of hydrogen-bond acceptors (Lipinski definition) is 6. The summed E-state index contributed by atoms with van der Waals surface area (Å²) in [7, 11) is -4.98. The minimum absolute atomic E-state index is 0.429. The quantitative estimate of drug-likeness (QED) is 0.564. The summed E-state index contributed by atoms with van der Waals surface area (Å²) in [6.07, 6.45) is 9.94. The third kappa shape index (κ3) is 4.72. The van der Waals surface area contributed by atoms with Crippen molar-refractivity contribution in [3.05, 3.63) is 23.4 Å². The van der Waals surface area contributed by atoms with Gasteiger partial charge in [0.2, 0.25) is 0 Å². The first-order chi connectivity index (χ1) is 9.46. The van der Waals surface area contributed by atoms with Crippen molar-refractivity contribution in [2.75, 3.05) is 13.3 Å². The van der Waals surface area contributed by atoms with E-state index >= 15 is 0 Å². The van der Waals surface area contributed by atoms with Crippen LogP contribution in [-0.2, 0) is 13.9 Å². The summed E-state index contributed by atoms with van der Waals surface area (Å²) in [5, 5.41) is 1.64. The molecule has 0 radical (unpaired) electrons. The van der Waals surface area contributed by atoms with Gasteiger partial charge >= 0.3 is 0 Å². The van der Waals surface area contributed by atoms with E-state index in [2.05, 4.69) is 10.6 Å². The van der Waals surface area contributed by atoms with E-state index in [1.807, 2.05) is 13.0 Å². The molecule has 0 amide bonds. The van der Waals surface area contributed by atoms with Gasteiger partial charge in [-0.15, -0.1) is 0 Å². The van der Waals surface area contributed by atoms with Crippen LogP contribution in [-0.4, -0.2) is 18.4 Å². The van der Waals surface area contributed by atoms with Crippen LogP contribution in [0.25, 0.3) is 0 Å². The fourth-order valence-electron chi connectivity index (χ4n) is 2.70. The first kappa shape index (κ1) is 15.7. The van der Waals surface area contributed by atoms with Crippen LogP contribution in [0.4, 0.5) is 0 Å². The zero-order valence-corrected chi connectivity index (χ0v) is 12.5. The zero-order chi connectivity index (χ0) is 14.6. The molecule has 20 heavy (non-hydrogen) atoms. The van der Waals surface area contributed by atoms with E-state index in [0.717, 1.165) is 18.5 Å². The van der Waals surface area contributed by atoms with Crippen molar-refractivity contribution in [3.8, 4) is 0 Å². The van der Waals surface area contributed by atoms with Crippen molar-refractivity contribution in [2.45, 2.75) is 39.0 Å². The Balaban J connectivity index is 1.96. The second-order valence-corrected chi connectivity index (χ2v) is 6.39. The Labute approximate surface area is 119 Å². The minimum Gasteiger partial charge on any atom is -0.790 e. The Morgan fingerprint density at radius 2 is 2.05 bits per heavy atom. The topological polar surface area (TPSA) is 84.9 Å². The van der Waals surface area contributed by atoms with Crippen LogP contribution in [0.1, 0.15) is 39.0 Å². The number of rotatable bonds is 5. The molecule has 114 valence electrons. The summed E-state index contributed by atoms with van der Waals surface area (Å²) in [6, 6.07) is 0. The molecular formula is C13H20NO5P-2. The van der Waals surface area contributed by atoms with Gasteiger partial charge in [0.05, 0.1) is 14.4 Å². The van der Waals surface area contributed by atoms with Crippen LogP contribution in [0.15, 0.2) is 23.4 Å². The predicted molar refractivity (Wildman–Crippen MR) is 69.8 cm³/mol. The molecule has 2 aliphatic rings. The van der Waals surface area contributed by atoms with Gasteiger partial charge in [-0.3, -0.25) is 5.06 Å². The van der Waals surface area contributed by atoms with Gasteiger partial charge in [0.15, 0.2) is 6.79 Å².